The molecule has 0 bridgehead atoms. The highest BCUT2D eigenvalue weighted by Crippen LogP contribution is 2.36. The lowest BCUT2D eigenvalue weighted by Gasteiger charge is -2.13. The van der Waals surface area contributed by atoms with Crippen LogP contribution in [0.1, 0.15) is 29.2 Å². The fraction of sp³-hybridized carbons (Fsp3) is 0.148. The topological polar surface area (TPSA) is 38.1 Å². The number of carbonyl (C=O) groups is 1. The molecule has 1 aliphatic rings. The lowest BCUT2D eigenvalue weighted by molar-refractivity contribution is -0.122. The Balaban J connectivity index is 1.52. The van der Waals surface area contributed by atoms with Crippen LogP contribution in [0.4, 0.5) is 0 Å². The summed E-state index contributed by atoms with van der Waals surface area (Å²) in [5.41, 5.74) is 5.60. The van der Waals surface area contributed by atoms with Gasteiger partial charge >= 0.3 is 0 Å². The molecular weight excluding hydrogens is 482 g/mol. The van der Waals surface area contributed by atoms with Crippen molar-refractivity contribution in [1.29, 1.82) is 0 Å². The minimum Gasteiger partial charge on any atom is -0.342 e. The second-order valence-electron chi connectivity index (χ2n) is 8.13. The third-order valence-corrected chi connectivity index (χ3v) is 7.51. The van der Waals surface area contributed by atoms with Crippen LogP contribution in [0.3, 0.4) is 0 Å². The number of pyridine rings is 1. The number of aromatic nitrogens is 2. The molecule has 4 nitrogen and oxygen atoms in total. The second kappa shape index (κ2) is 9.74. The molecule has 0 radical (unpaired) electrons. The molecular formula is C27H22ClN3OS2. The van der Waals surface area contributed by atoms with Crippen LogP contribution in [0.15, 0.2) is 78.1 Å². The van der Waals surface area contributed by atoms with Crippen molar-refractivity contribution in [2.75, 3.05) is 0 Å². The number of halogens is 1. The molecule has 0 saturated carbocycles. The molecule has 0 aliphatic carbocycles. The number of nitrogens with zero attached hydrogens (tertiary/aromatic N) is 3. The minimum atomic E-state index is -0.0656. The maximum atomic E-state index is 13.2. The smallest absolute Gasteiger partial charge is 0.266 e. The highest BCUT2D eigenvalue weighted by Gasteiger charge is 2.32. The van der Waals surface area contributed by atoms with Crippen LogP contribution in [-0.4, -0.2) is 24.7 Å². The Morgan fingerprint density at radius 3 is 2.62 bits per heavy atom. The van der Waals surface area contributed by atoms with E-state index in [9.17, 15) is 4.79 Å². The summed E-state index contributed by atoms with van der Waals surface area (Å²) in [7, 11) is 0. The zero-order valence-electron chi connectivity index (χ0n) is 18.6. The first-order chi connectivity index (χ1) is 16.5. The van der Waals surface area contributed by atoms with Gasteiger partial charge in [0.2, 0.25) is 0 Å². The third kappa shape index (κ3) is 4.53. The Kier molecular flexibility index (Phi) is 6.55. The number of para-hydroxylation sites is 1. The first kappa shape index (κ1) is 22.8. The molecule has 0 unspecified atom stereocenters. The second-order valence-corrected chi connectivity index (χ2v) is 10.2. The highest BCUT2D eigenvalue weighted by atomic mass is 35.5. The lowest BCUT2D eigenvalue weighted by Crippen LogP contribution is -2.27. The fourth-order valence-electron chi connectivity index (χ4n) is 4.23. The van der Waals surface area contributed by atoms with E-state index < -0.39 is 0 Å². The predicted octanol–water partition coefficient (Wildman–Crippen LogP) is 6.70. The standard InChI is InChI=1S/C27H22ClN3OS2/c1-2-20-6-3-7-23-21(17-30(25(20)23)15-18-8-10-22(28)11-9-18)13-24-26(32)31(27(33)34-24)16-19-5-4-12-29-14-19/h3-14,17H,2,15-16H2,1H3/b24-13-. The lowest BCUT2D eigenvalue weighted by atomic mass is 10.1. The summed E-state index contributed by atoms with van der Waals surface area (Å²) in [5, 5.41) is 1.86. The van der Waals surface area contributed by atoms with Crippen LogP contribution in [-0.2, 0) is 24.3 Å². The predicted molar refractivity (Wildman–Crippen MR) is 145 cm³/mol. The van der Waals surface area contributed by atoms with Crippen molar-refractivity contribution in [2.45, 2.75) is 26.4 Å². The number of thioether (sulfide) groups is 1. The van der Waals surface area contributed by atoms with Crippen molar-refractivity contribution >= 4 is 62.8 Å². The Morgan fingerprint density at radius 1 is 1.06 bits per heavy atom. The number of benzene rings is 2. The zero-order chi connectivity index (χ0) is 23.7. The van der Waals surface area contributed by atoms with E-state index in [1.54, 1.807) is 17.3 Å². The molecule has 1 amide bonds. The third-order valence-electron chi connectivity index (χ3n) is 5.88. The van der Waals surface area contributed by atoms with Crippen molar-refractivity contribution in [3.05, 3.63) is 105 Å². The molecule has 0 atom stereocenters. The molecule has 5 rings (SSSR count). The van der Waals surface area contributed by atoms with Gasteiger partial charge in [-0.3, -0.25) is 14.7 Å². The molecule has 7 heteroatoms. The maximum absolute atomic E-state index is 13.2. The highest BCUT2D eigenvalue weighted by molar-refractivity contribution is 8.26. The van der Waals surface area contributed by atoms with Gasteiger partial charge in [0.25, 0.3) is 5.91 Å². The summed E-state index contributed by atoms with van der Waals surface area (Å²) in [6, 6.07) is 18.1. The average Bonchev–Trinajstić information content (AvgIpc) is 3.33. The van der Waals surface area contributed by atoms with Crippen LogP contribution in [0.5, 0.6) is 0 Å². The molecule has 2 aromatic heterocycles. The Labute approximate surface area is 213 Å². The number of carbonyl (C=O) groups excluding carboxylic acids is 1. The molecule has 170 valence electrons. The summed E-state index contributed by atoms with van der Waals surface area (Å²) < 4.78 is 2.83. The van der Waals surface area contributed by atoms with E-state index in [2.05, 4.69) is 40.9 Å². The van der Waals surface area contributed by atoms with Crippen molar-refractivity contribution in [2.24, 2.45) is 0 Å². The van der Waals surface area contributed by atoms with Crippen molar-refractivity contribution < 1.29 is 4.79 Å². The van der Waals surface area contributed by atoms with Crippen LogP contribution in [0.2, 0.25) is 5.02 Å². The van der Waals surface area contributed by atoms with Crippen LogP contribution < -0.4 is 0 Å². The molecule has 3 heterocycles. The minimum absolute atomic E-state index is 0.0656. The number of thiocarbonyl (C=S) groups is 1. The van der Waals surface area contributed by atoms with E-state index in [1.165, 1.54) is 28.4 Å². The Morgan fingerprint density at radius 2 is 1.88 bits per heavy atom. The fourth-order valence-corrected chi connectivity index (χ4v) is 5.60. The van der Waals surface area contributed by atoms with Crippen molar-refractivity contribution in [3.8, 4) is 0 Å². The summed E-state index contributed by atoms with van der Waals surface area (Å²) >= 11 is 13.0. The number of aryl methyl sites for hydroxylation is 1. The SMILES string of the molecule is CCc1cccc2c(/C=C3\SC(=S)N(Cc4cccnc4)C3=O)cn(Cc3ccc(Cl)cc3)c12. The molecule has 0 spiro atoms. The number of hydrogen-bond acceptors (Lipinski definition) is 4. The van der Waals surface area contributed by atoms with Crippen LogP contribution in [0.25, 0.3) is 17.0 Å². The van der Waals surface area contributed by atoms with Gasteiger partial charge < -0.3 is 4.57 Å². The number of amides is 1. The van der Waals surface area contributed by atoms with Crippen LogP contribution in [0, 0.1) is 0 Å². The maximum Gasteiger partial charge on any atom is 0.266 e. The van der Waals surface area contributed by atoms with Gasteiger partial charge in [0.15, 0.2) is 0 Å². The molecule has 4 aromatic rings. The van der Waals surface area contributed by atoms with E-state index in [1.807, 2.05) is 42.5 Å². The zero-order valence-corrected chi connectivity index (χ0v) is 21.0. The van der Waals surface area contributed by atoms with E-state index in [4.69, 9.17) is 23.8 Å². The van der Waals surface area contributed by atoms with Gasteiger partial charge in [-0.05, 0) is 47.4 Å². The normalized spacial score (nSPS) is 15.1. The van der Waals surface area contributed by atoms with Gasteiger partial charge in [-0.25, -0.2) is 0 Å². The summed E-state index contributed by atoms with van der Waals surface area (Å²) in [6.45, 7) is 3.31. The van der Waals surface area contributed by atoms with Gasteiger partial charge in [-0.1, -0.05) is 78.9 Å². The monoisotopic (exact) mass is 503 g/mol. The van der Waals surface area contributed by atoms with E-state index in [-0.39, 0.29) is 5.91 Å². The number of rotatable bonds is 6. The van der Waals surface area contributed by atoms with E-state index >= 15 is 0 Å². The first-order valence-electron chi connectivity index (χ1n) is 11.0. The van der Waals surface area contributed by atoms with Crippen LogP contribution >= 0.6 is 35.6 Å². The van der Waals surface area contributed by atoms with Gasteiger partial charge in [0, 0.05) is 41.1 Å². The first-order valence-corrected chi connectivity index (χ1v) is 12.6. The van der Waals surface area contributed by atoms with Gasteiger partial charge in [0.05, 0.1) is 17.0 Å². The molecule has 2 aromatic carbocycles. The van der Waals surface area contributed by atoms with Gasteiger partial charge in [-0.2, -0.15) is 0 Å². The molecule has 34 heavy (non-hydrogen) atoms. The molecule has 1 saturated heterocycles. The number of hydrogen-bond donors (Lipinski definition) is 0. The number of fused-ring (bicyclic) bond motifs is 1. The Hall–Kier alpha value is -2.93. The van der Waals surface area contributed by atoms with Gasteiger partial charge in [0.1, 0.15) is 4.32 Å². The quantitative estimate of drug-likeness (QED) is 0.217. The summed E-state index contributed by atoms with van der Waals surface area (Å²) in [5.74, 6) is -0.0656. The molecule has 1 fully saturated rings. The largest absolute Gasteiger partial charge is 0.342 e. The van der Waals surface area contributed by atoms with Crippen molar-refractivity contribution in [3.63, 3.8) is 0 Å². The average molecular weight is 504 g/mol. The molecule has 0 N–H and O–H groups in total. The van der Waals surface area contributed by atoms with E-state index in [0.717, 1.165) is 34.5 Å². The summed E-state index contributed by atoms with van der Waals surface area (Å²) in [4.78, 5) is 19.7. The van der Waals surface area contributed by atoms with Crippen molar-refractivity contribution in [1.82, 2.24) is 14.5 Å². The summed E-state index contributed by atoms with van der Waals surface area (Å²) in [6.07, 6.45) is 8.51. The molecule has 1 aliphatic heterocycles. The van der Waals surface area contributed by atoms with E-state index in [0.29, 0.717) is 15.8 Å². The van der Waals surface area contributed by atoms with Gasteiger partial charge in [-0.15, -0.1) is 0 Å². The Bertz CT molecular complexity index is 1410.